The van der Waals surface area contributed by atoms with Gasteiger partial charge in [0.1, 0.15) is 0 Å². The summed E-state index contributed by atoms with van der Waals surface area (Å²) >= 11 is 0. The first kappa shape index (κ1) is 12.0. The Kier molecular flexibility index (Phi) is 4.33. The van der Waals surface area contributed by atoms with Crippen molar-refractivity contribution in [1.29, 1.82) is 0 Å². The van der Waals surface area contributed by atoms with Crippen LogP contribution >= 0.6 is 7.60 Å². The van der Waals surface area contributed by atoms with Crippen LogP contribution < -0.4 is 0 Å². The van der Waals surface area contributed by atoms with Crippen molar-refractivity contribution >= 4 is 7.60 Å². The Hall–Kier alpha value is 0.0300. The first-order valence-corrected chi connectivity index (χ1v) is 5.36. The summed E-state index contributed by atoms with van der Waals surface area (Å²) in [7, 11) is -3.58. The van der Waals surface area contributed by atoms with Crippen LogP contribution in [0.15, 0.2) is 0 Å². The molecule has 0 aromatic carbocycles. The molecule has 1 unspecified atom stereocenters. The van der Waals surface area contributed by atoms with Gasteiger partial charge in [0.2, 0.25) is 0 Å². The number of rotatable bonds is 5. The number of hydrogen-bond acceptors (Lipinski definition) is 6. The van der Waals surface area contributed by atoms with Crippen LogP contribution in [0.3, 0.4) is 0 Å². The molecule has 0 aliphatic heterocycles. The largest absolute Gasteiger partial charge is 0.412 e. The third-order valence-electron chi connectivity index (χ3n) is 0.818. The second-order valence-electron chi connectivity index (χ2n) is 2.27. The van der Waals surface area contributed by atoms with Crippen LogP contribution in [0.4, 0.5) is 0 Å². The van der Waals surface area contributed by atoms with Gasteiger partial charge in [0, 0.05) is 6.66 Å². The van der Waals surface area contributed by atoms with Gasteiger partial charge >= 0.3 is 13.8 Å². The quantitative estimate of drug-likeness (QED) is 0.421. The van der Waals surface area contributed by atoms with E-state index in [0.717, 1.165) is 6.66 Å². The molecule has 0 bridgehead atoms. The van der Waals surface area contributed by atoms with E-state index >= 15 is 0 Å². The maximum atomic E-state index is 11.1. The van der Waals surface area contributed by atoms with Gasteiger partial charge in [0.15, 0.2) is 0 Å². The molecule has 0 radical (unpaired) electrons. The minimum absolute atomic E-state index is 0.157. The van der Waals surface area contributed by atoms with Crippen molar-refractivity contribution in [3.05, 3.63) is 0 Å². The van der Waals surface area contributed by atoms with Gasteiger partial charge in [-0.15, -0.1) is 0 Å². The second-order valence-corrected chi connectivity index (χ2v) is 4.25. The zero-order chi connectivity index (χ0) is 9.83. The molecule has 0 saturated carbocycles. The van der Waals surface area contributed by atoms with E-state index in [4.69, 9.17) is 15.3 Å². The van der Waals surface area contributed by atoms with E-state index in [0.29, 0.717) is 6.42 Å². The maximum Gasteiger partial charge on any atom is 0.412 e. The molecule has 0 saturated heterocycles. The summed E-state index contributed by atoms with van der Waals surface area (Å²) in [6, 6.07) is 0. The lowest BCUT2D eigenvalue weighted by Gasteiger charge is -2.19. The van der Waals surface area contributed by atoms with Crippen LogP contribution in [0.1, 0.15) is 13.3 Å². The van der Waals surface area contributed by atoms with Crippen molar-refractivity contribution in [2.75, 3.05) is 13.3 Å². The van der Waals surface area contributed by atoms with Gasteiger partial charge in [-0.25, -0.2) is 4.52 Å². The molecule has 1 atom stereocenters. The molecule has 0 heterocycles. The van der Waals surface area contributed by atoms with Crippen LogP contribution in [0.25, 0.3) is 0 Å². The Morgan fingerprint density at radius 3 is 2.25 bits per heavy atom. The minimum Gasteiger partial charge on any atom is -0.319 e. The van der Waals surface area contributed by atoms with E-state index in [-0.39, 0.29) is 6.61 Å². The standard InChI is InChI=1S/C5H13O6P/c1-3-4-10-12(2,9)11-5(6,7)8/h6-8H,3-4H2,1-2H3. The van der Waals surface area contributed by atoms with Gasteiger partial charge in [-0.2, -0.15) is 0 Å². The summed E-state index contributed by atoms with van der Waals surface area (Å²) in [6.07, 6.45) is -2.80. The molecule has 12 heavy (non-hydrogen) atoms. The lowest BCUT2D eigenvalue weighted by Crippen LogP contribution is -2.29. The van der Waals surface area contributed by atoms with Gasteiger partial charge in [-0.1, -0.05) is 6.92 Å². The Morgan fingerprint density at radius 2 is 1.92 bits per heavy atom. The third-order valence-corrected chi connectivity index (χ3v) is 2.05. The first-order chi connectivity index (χ1) is 5.27. The van der Waals surface area contributed by atoms with Gasteiger partial charge < -0.3 is 19.8 Å². The monoisotopic (exact) mass is 200 g/mol. The fraction of sp³-hybridized carbons (Fsp3) is 1.00. The van der Waals surface area contributed by atoms with Gasteiger partial charge in [-0.05, 0) is 6.42 Å². The predicted molar refractivity (Wildman–Crippen MR) is 40.2 cm³/mol. The molecule has 0 rings (SSSR count). The van der Waals surface area contributed by atoms with Crippen molar-refractivity contribution < 1.29 is 28.9 Å². The van der Waals surface area contributed by atoms with Crippen molar-refractivity contribution in [2.24, 2.45) is 0 Å². The molecule has 0 fully saturated rings. The fourth-order valence-electron chi connectivity index (χ4n) is 0.506. The van der Waals surface area contributed by atoms with Crippen molar-refractivity contribution in [2.45, 2.75) is 19.5 Å². The van der Waals surface area contributed by atoms with Crippen LogP contribution in [0.2, 0.25) is 0 Å². The van der Waals surface area contributed by atoms with Gasteiger partial charge in [-0.3, -0.25) is 4.57 Å². The van der Waals surface area contributed by atoms with Crippen molar-refractivity contribution in [1.82, 2.24) is 0 Å². The van der Waals surface area contributed by atoms with Crippen molar-refractivity contribution in [3.8, 4) is 0 Å². The van der Waals surface area contributed by atoms with Gasteiger partial charge in [0.05, 0.1) is 6.61 Å². The lowest BCUT2D eigenvalue weighted by atomic mass is 10.5. The molecule has 0 aromatic rings. The summed E-state index contributed by atoms with van der Waals surface area (Å²) in [5.74, 6) is 0. The predicted octanol–water partition coefficient (Wildman–Crippen LogP) is -0.159. The third kappa shape index (κ3) is 6.72. The smallest absolute Gasteiger partial charge is 0.319 e. The highest BCUT2D eigenvalue weighted by Crippen LogP contribution is 2.46. The highest BCUT2D eigenvalue weighted by molar-refractivity contribution is 7.53. The average molecular weight is 200 g/mol. The van der Waals surface area contributed by atoms with Crippen molar-refractivity contribution in [3.63, 3.8) is 0 Å². The molecule has 7 heteroatoms. The molecule has 0 amide bonds. The summed E-state index contributed by atoms with van der Waals surface area (Å²) in [5, 5.41) is 24.9. The van der Waals surface area contributed by atoms with Crippen LogP contribution in [-0.2, 0) is 13.6 Å². The number of hydrogen-bond donors (Lipinski definition) is 3. The average Bonchev–Trinajstić information content (AvgIpc) is 1.78. The van der Waals surface area contributed by atoms with Crippen LogP contribution in [-0.4, -0.2) is 34.8 Å². The van der Waals surface area contributed by atoms with E-state index < -0.39 is 13.8 Å². The van der Waals surface area contributed by atoms with E-state index in [1.54, 1.807) is 6.92 Å². The first-order valence-electron chi connectivity index (χ1n) is 3.37. The normalized spacial score (nSPS) is 17.4. The van der Waals surface area contributed by atoms with E-state index in [1.165, 1.54) is 0 Å². The van der Waals surface area contributed by atoms with E-state index in [2.05, 4.69) is 9.05 Å². The van der Waals surface area contributed by atoms with E-state index in [1.807, 2.05) is 0 Å². The highest BCUT2D eigenvalue weighted by Gasteiger charge is 2.31. The lowest BCUT2D eigenvalue weighted by molar-refractivity contribution is -0.421. The Bertz CT molecular complexity index is 173. The van der Waals surface area contributed by atoms with Crippen LogP contribution in [0, 0.1) is 0 Å². The highest BCUT2D eigenvalue weighted by atomic mass is 31.2. The van der Waals surface area contributed by atoms with Gasteiger partial charge in [0.25, 0.3) is 0 Å². The Labute approximate surface area is 70.3 Å². The summed E-state index contributed by atoms with van der Waals surface area (Å²) in [4.78, 5) is 0. The molecule has 6 nitrogen and oxygen atoms in total. The second kappa shape index (κ2) is 4.32. The minimum atomic E-state index is -3.58. The molecular weight excluding hydrogens is 187 g/mol. The molecule has 3 N–H and O–H groups in total. The zero-order valence-corrected chi connectivity index (χ0v) is 7.82. The maximum absolute atomic E-state index is 11.1. The summed E-state index contributed by atoms with van der Waals surface area (Å²) < 4.78 is 19.6. The molecule has 0 spiro atoms. The Morgan fingerprint density at radius 1 is 1.42 bits per heavy atom. The zero-order valence-electron chi connectivity index (χ0n) is 6.93. The molecule has 74 valence electrons. The summed E-state index contributed by atoms with van der Waals surface area (Å²) in [6.45, 7) is 2.97. The Balaban J connectivity index is 3.96. The van der Waals surface area contributed by atoms with E-state index in [9.17, 15) is 4.57 Å². The summed E-state index contributed by atoms with van der Waals surface area (Å²) in [5.41, 5.74) is 0. The molecular formula is C5H13O6P. The number of aliphatic hydroxyl groups is 3. The molecule has 0 aliphatic rings. The SMILES string of the molecule is CCCOP(C)(=O)OC(O)(O)O. The molecule has 0 aromatic heterocycles. The fourth-order valence-corrected chi connectivity index (χ4v) is 1.52. The molecule has 0 aliphatic carbocycles. The van der Waals surface area contributed by atoms with Crippen LogP contribution in [0.5, 0.6) is 0 Å². The topological polar surface area (TPSA) is 96.2 Å².